The normalized spacial score (nSPS) is 11.5. The van der Waals surface area contributed by atoms with Crippen molar-refractivity contribution in [3.05, 3.63) is 157 Å². The van der Waals surface area contributed by atoms with Crippen LogP contribution in [-0.4, -0.2) is 19.1 Å². The topological polar surface area (TPSA) is 59.4 Å². The highest BCUT2D eigenvalue weighted by atomic mass is 15.1. The van der Waals surface area contributed by atoms with Gasteiger partial charge in [0.1, 0.15) is 11.6 Å². The minimum atomic E-state index is 0.596. The lowest BCUT2D eigenvalue weighted by Crippen LogP contribution is -2.04. The van der Waals surface area contributed by atoms with Crippen LogP contribution < -0.4 is 0 Å². The highest BCUT2D eigenvalue weighted by Crippen LogP contribution is 2.36. The second kappa shape index (κ2) is 10.3. The van der Waals surface area contributed by atoms with Gasteiger partial charge in [-0.25, -0.2) is 9.97 Å². The van der Waals surface area contributed by atoms with Gasteiger partial charge in [-0.15, -0.1) is 0 Å². The summed E-state index contributed by atoms with van der Waals surface area (Å²) in [5.41, 5.74) is 8.25. The summed E-state index contributed by atoms with van der Waals surface area (Å²) in [5.74, 6) is 1.60. The molecule has 214 valence electrons. The average molecular weight is 588 g/mol. The van der Waals surface area contributed by atoms with Crippen molar-refractivity contribution in [2.45, 2.75) is 0 Å². The molecule has 5 nitrogen and oxygen atoms in total. The molecular weight excluding hydrogens is 562 g/mol. The number of aromatic nitrogens is 4. The summed E-state index contributed by atoms with van der Waals surface area (Å²) in [7, 11) is 0. The van der Waals surface area contributed by atoms with Crippen molar-refractivity contribution in [2.75, 3.05) is 0 Å². The van der Waals surface area contributed by atoms with Crippen LogP contribution in [0, 0.1) is 11.3 Å². The zero-order chi connectivity index (χ0) is 30.6. The largest absolute Gasteiger partial charge is 0.294 e. The van der Waals surface area contributed by atoms with Crippen molar-refractivity contribution in [1.29, 1.82) is 5.26 Å². The number of hydrogen-bond donors (Lipinski definition) is 0. The molecule has 9 aromatic rings. The van der Waals surface area contributed by atoms with Crippen molar-refractivity contribution in [3.63, 3.8) is 0 Å². The number of para-hydroxylation sites is 4. The first-order valence-electron chi connectivity index (χ1n) is 15.2. The third-order valence-electron chi connectivity index (χ3n) is 8.78. The molecule has 0 radical (unpaired) electrons. The third kappa shape index (κ3) is 3.94. The Balaban J connectivity index is 1.37. The van der Waals surface area contributed by atoms with Gasteiger partial charge in [-0.05, 0) is 54.6 Å². The van der Waals surface area contributed by atoms with Crippen molar-refractivity contribution < 1.29 is 0 Å². The molecule has 9 rings (SSSR count). The molecule has 0 unspecified atom stereocenters. The lowest BCUT2D eigenvalue weighted by atomic mass is 10.0. The lowest BCUT2D eigenvalue weighted by molar-refractivity contribution is 1.01. The van der Waals surface area contributed by atoms with Gasteiger partial charge < -0.3 is 0 Å². The zero-order valence-corrected chi connectivity index (χ0v) is 24.7. The Morgan fingerprint density at radius 1 is 0.435 bits per heavy atom. The van der Waals surface area contributed by atoms with Gasteiger partial charge in [0.05, 0.1) is 45.1 Å². The number of benzene rings is 5. The number of nitriles is 1. The van der Waals surface area contributed by atoms with Gasteiger partial charge in [-0.2, -0.15) is 5.26 Å². The standard InChI is InChI=1S/C41H25N5/c42-26-27-12-1-2-13-29(27)35-19-11-18-34(43-35)28-24-40(45-36-20-7-3-14-30(36)31-15-4-8-21-37(31)45)44-41(25-28)46-38-22-9-5-16-32(38)33-17-6-10-23-39(33)46/h1-25H. The van der Waals surface area contributed by atoms with Gasteiger partial charge in [0.2, 0.25) is 0 Å². The summed E-state index contributed by atoms with van der Waals surface area (Å²) in [6, 6.07) is 54.1. The number of pyridine rings is 2. The van der Waals surface area contributed by atoms with E-state index >= 15 is 0 Å². The Morgan fingerprint density at radius 3 is 1.37 bits per heavy atom. The fourth-order valence-corrected chi connectivity index (χ4v) is 6.77. The fourth-order valence-electron chi connectivity index (χ4n) is 6.77. The van der Waals surface area contributed by atoms with E-state index in [0.717, 1.165) is 56.2 Å². The molecule has 5 aromatic carbocycles. The van der Waals surface area contributed by atoms with E-state index in [1.54, 1.807) is 0 Å². The van der Waals surface area contributed by atoms with Crippen molar-refractivity contribution >= 4 is 43.6 Å². The van der Waals surface area contributed by atoms with Gasteiger partial charge >= 0.3 is 0 Å². The van der Waals surface area contributed by atoms with Crippen molar-refractivity contribution in [3.8, 4) is 40.2 Å². The van der Waals surface area contributed by atoms with Gasteiger partial charge in [0.25, 0.3) is 0 Å². The van der Waals surface area contributed by atoms with Crippen LogP contribution in [0.2, 0.25) is 0 Å². The molecule has 0 saturated heterocycles. The van der Waals surface area contributed by atoms with Crippen LogP contribution in [0.25, 0.3) is 77.8 Å². The van der Waals surface area contributed by atoms with Gasteiger partial charge in [0, 0.05) is 32.7 Å². The number of nitrogens with zero attached hydrogens (tertiary/aromatic N) is 5. The third-order valence-corrected chi connectivity index (χ3v) is 8.78. The van der Waals surface area contributed by atoms with Gasteiger partial charge in [-0.1, -0.05) is 97.1 Å². The monoisotopic (exact) mass is 587 g/mol. The predicted octanol–water partition coefficient (Wildman–Crippen LogP) is 9.88. The molecule has 0 aliphatic rings. The zero-order valence-electron chi connectivity index (χ0n) is 24.7. The smallest absolute Gasteiger partial charge is 0.140 e. The first kappa shape index (κ1) is 25.9. The Morgan fingerprint density at radius 2 is 0.870 bits per heavy atom. The fraction of sp³-hybridized carbons (Fsp3) is 0. The molecule has 0 bridgehead atoms. The molecule has 0 aliphatic carbocycles. The Labute approximate surface area is 264 Å². The Kier molecular flexibility index (Phi) is 5.81. The van der Waals surface area contributed by atoms with Gasteiger partial charge in [0.15, 0.2) is 0 Å². The number of rotatable bonds is 4. The Bertz CT molecular complexity index is 2430. The summed E-state index contributed by atoms with van der Waals surface area (Å²) < 4.78 is 4.50. The summed E-state index contributed by atoms with van der Waals surface area (Å²) >= 11 is 0. The van der Waals surface area contributed by atoms with Gasteiger partial charge in [-0.3, -0.25) is 9.13 Å². The van der Waals surface area contributed by atoms with Crippen LogP contribution in [0.15, 0.2) is 152 Å². The van der Waals surface area contributed by atoms with Crippen LogP contribution in [0.4, 0.5) is 0 Å². The summed E-state index contributed by atoms with van der Waals surface area (Å²) in [4.78, 5) is 10.5. The first-order chi connectivity index (χ1) is 22.8. The number of hydrogen-bond acceptors (Lipinski definition) is 3. The maximum absolute atomic E-state index is 9.80. The van der Waals surface area contributed by atoms with E-state index in [0.29, 0.717) is 5.56 Å². The van der Waals surface area contributed by atoms with Crippen LogP contribution in [0.5, 0.6) is 0 Å². The second-order valence-corrected chi connectivity index (χ2v) is 11.4. The van der Waals surface area contributed by atoms with E-state index in [4.69, 9.17) is 9.97 Å². The molecule has 0 spiro atoms. The van der Waals surface area contributed by atoms with Crippen LogP contribution in [0.1, 0.15) is 5.56 Å². The van der Waals surface area contributed by atoms with E-state index < -0.39 is 0 Å². The Hall–Kier alpha value is -6.51. The molecule has 5 heteroatoms. The highest BCUT2D eigenvalue weighted by Gasteiger charge is 2.19. The molecule has 4 heterocycles. The minimum Gasteiger partial charge on any atom is -0.294 e. The average Bonchev–Trinajstić information content (AvgIpc) is 3.65. The highest BCUT2D eigenvalue weighted by molar-refractivity contribution is 6.10. The van der Waals surface area contributed by atoms with Crippen LogP contribution in [-0.2, 0) is 0 Å². The second-order valence-electron chi connectivity index (χ2n) is 11.4. The molecule has 4 aromatic heterocycles. The minimum absolute atomic E-state index is 0.596. The number of fused-ring (bicyclic) bond motifs is 6. The van der Waals surface area contributed by atoms with E-state index in [2.05, 4.69) is 124 Å². The van der Waals surface area contributed by atoms with E-state index in [1.807, 2.05) is 42.5 Å². The summed E-state index contributed by atoms with van der Waals surface area (Å²) in [6.45, 7) is 0. The molecule has 0 amide bonds. The molecule has 0 atom stereocenters. The van der Waals surface area contributed by atoms with E-state index in [9.17, 15) is 5.26 Å². The summed E-state index contributed by atoms with van der Waals surface area (Å²) in [5, 5.41) is 14.5. The van der Waals surface area contributed by atoms with Crippen molar-refractivity contribution in [1.82, 2.24) is 19.1 Å². The first-order valence-corrected chi connectivity index (χ1v) is 15.2. The molecule has 0 saturated carbocycles. The molecule has 0 fully saturated rings. The SMILES string of the molecule is N#Cc1ccccc1-c1cccc(-c2cc(-n3c4ccccc4c4ccccc43)nc(-n3c4ccccc4c4ccccc43)c2)n1. The predicted molar refractivity (Wildman–Crippen MR) is 186 cm³/mol. The van der Waals surface area contributed by atoms with E-state index in [1.165, 1.54) is 21.5 Å². The molecular formula is C41H25N5. The maximum Gasteiger partial charge on any atom is 0.140 e. The molecule has 0 N–H and O–H groups in total. The van der Waals surface area contributed by atoms with Crippen LogP contribution in [0.3, 0.4) is 0 Å². The quantitative estimate of drug-likeness (QED) is 0.206. The van der Waals surface area contributed by atoms with E-state index in [-0.39, 0.29) is 0 Å². The van der Waals surface area contributed by atoms with Crippen LogP contribution >= 0.6 is 0 Å². The van der Waals surface area contributed by atoms with Crippen molar-refractivity contribution in [2.24, 2.45) is 0 Å². The molecule has 46 heavy (non-hydrogen) atoms. The maximum atomic E-state index is 9.80. The molecule has 0 aliphatic heterocycles. The summed E-state index contributed by atoms with van der Waals surface area (Å²) in [6.07, 6.45) is 0. The lowest BCUT2D eigenvalue weighted by Gasteiger charge is -2.15.